The fourth-order valence-corrected chi connectivity index (χ4v) is 4.09. The number of hydrogen-bond donors (Lipinski definition) is 0. The number of hydrogen-bond acceptors (Lipinski definition) is 4. The standard InChI is InChI=1S/C21H31NO4Si/c1-7-18(26-27(5,6)21(2,3)4)14-19(23)22-17(15-25-20(22)24)13-16-11-9-8-10-12-16/h7-12,17-18H,1,13-15H2,2-6H3/t17-,18+/m0/s1. The normalized spacial score (nSPS) is 18.9. The predicted octanol–water partition coefficient (Wildman–Crippen LogP) is 4.54. The molecular weight excluding hydrogens is 358 g/mol. The van der Waals surface area contributed by atoms with Crippen molar-refractivity contribution in [2.45, 2.75) is 63.9 Å². The first-order valence-electron chi connectivity index (χ1n) is 9.38. The summed E-state index contributed by atoms with van der Waals surface area (Å²) >= 11 is 0. The van der Waals surface area contributed by atoms with Gasteiger partial charge in [0.2, 0.25) is 5.91 Å². The quantitative estimate of drug-likeness (QED) is 0.507. The van der Waals surface area contributed by atoms with Crippen molar-refractivity contribution < 1.29 is 18.8 Å². The minimum Gasteiger partial charge on any atom is -0.447 e. The van der Waals surface area contributed by atoms with E-state index in [0.717, 1.165) is 5.56 Å². The van der Waals surface area contributed by atoms with E-state index in [1.54, 1.807) is 6.08 Å². The second-order valence-electron chi connectivity index (χ2n) is 8.54. The summed E-state index contributed by atoms with van der Waals surface area (Å²) in [5.74, 6) is -0.276. The molecule has 2 amide bonds. The van der Waals surface area contributed by atoms with E-state index < -0.39 is 20.5 Å². The molecular formula is C21H31NO4Si. The molecule has 0 unspecified atom stereocenters. The van der Waals surface area contributed by atoms with Crippen LogP contribution in [-0.2, 0) is 20.4 Å². The molecule has 1 aliphatic rings. The van der Waals surface area contributed by atoms with Crippen LogP contribution in [0, 0.1) is 0 Å². The molecule has 148 valence electrons. The smallest absolute Gasteiger partial charge is 0.416 e. The molecule has 1 saturated heterocycles. The van der Waals surface area contributed by atoms with Crippen molar-refractivity contribution in [3.05, 3.63) is 48.6 Å². The van der Waals surface area contributed by atoms with Crippen molar-refractivity contribution in [3.8, 4) is 0 Å². The lowest BCUT2D eigenvalue weighted by molar-refractivity contribution is -0.130. The maximum Gasteiger partial charge on any atom is 0.416 e. The van der Waals surface area contributed by atoms with Crippen LogP contribution in [0.5, 0.6) is 0 Å². The number of cyclic esters (lactones) is 1. The van der Waals surface area contributed by atoms with E-state index in [4.69, 9.17) is 9.16 Å². The van der Waals surface area contributed by atoms with Crippen LogP contribution >= 0.6 is 0 Å². The largest absolute Gasteiger partial charge is 0.447 e. The lowest BCUT2D eigenvalue weighted by Crippen LogP contribution is -2.46. The Bertz CT molecular complexity index is 681. The molecule has 1 aromatic rings. The summed E-state index contributed by atoms with van der Waals surface area (Å²) in [6.45, 7) is 14.8. The summed E-state index contributed by atoms with van der Waals surface area (Å²) in [4.78, 5) is 26.3. The molecule has 27 heavy (non-hydrogen) atoms. The highest BCUT2D eigenvalue weighted by atomic mass is 28.4. The molecule has 0 aromatic heterocycles. The van der Waals surface area contributed by atoms with Gasteiger partial charge in [-0.1, -0.05) is 57.2 Å². The van der Waals surface area contributed by atoms with Crippen molar-refractivity contribution in [1.82, 2.24) is 4.90 Å². The molecule has 0 spiro atoms. The fourth-order valence-electron chi connectivity index (χ4n) is 2.80. The third-order valence-electron chi connectivity index (χ3n) is 5.43. The number of benzene rings is 1. The van der Waals surface area contributed by atoms with Gasteiger partial charge in [0.1, 0.15) is 6.61 Å². The van der Waals surface area contributed by atoms with Crippen LogP contribution in [0.15, 0.2) is 43.0 Å². The van der Waals surface area contributed by atoms with Crippen molar-refractivity contribution in [3.63, 3.8) is 0 Å². The van der Waals surface area contributed by atoms with Crippen molar-refractivity contribution in [1.29, 1.82) is 0 Å². The molecule has 2 rings (SSSR count). The van der Waals surface area contributed by atoms with E-state index in [1.807, 2.05) is 30.3 Å². The van der Waals surface area contributed by atoms with Crippen LogP contribution < -0.4 is 0 Å². The van der Waals surface area contributed by atoms with Gasteiger partial charge in [-0.3, -0.25) is 4.79 Å². The van der Waals surface area contributed by atoms with Crippen molar-refractivity contribution in [2.75, 3.05) is 6.61 Å². The minimum absolute atomic E-state index is 0.0275. The molecule has 0 N–H and O–H groups in total. The van der Waals surface area contributed by atoms with Gasteiger partial charge in [0.15, 0.2) is 8.32 Å². The number of carbonyl (C=O) groups excluding carboxylic acids is 2. The Balaban J connectivity index is 2.07. The topological polar surface area (TPSA) is 55.8 Å². The Labute approximate surface area is 163 Å². The number of amides is 2. The lowest BCUT2D eigenvalue weighted by Gasteiger charge is -2.38. The maximum atomic E-state index is 12.9. The number of rotatable bonds is 7. The molecule has 6 heteroatoms. The summed E-state index contributed by atoms with van der Waals surface area (Å²) in [5, 5.41) is 0.0275. The Hall–Kier alpha value is -1.92. The first-order valence-corrected chi connectivity index (χ1v) is 12.3. The summed E-state index contributed by atoms with van der Waals surface area (Å²) in [5.41, 5.74) is 1.07. The van der Waals surface area contributed by atoms with Crippen LogP contribution in [0.2, 0.25) is 18.1 Å². The maximum absolute atomic E-state index is 12.9. The average Bonchev–Trinajstić information content (AvgIpc) is 2.94. The lowest BCUT2D eigenvalue weighted by atomic mass is 10.1. The monoisotopic (exact) mass is 389 g/mol. The molecule has 0 aliphatic carbocycles. The number of imide groups is 1. The molecule has 1 aromatic carbocycles. The summed E-state index contributed by atoms with van der Waals surface area (Å²) in [6.07, 6.45) is 1.35. The van der Waals surface area contributed by atoms with Gasteiger partial charge in [-0.25, -0.2) is 9.69 Å². The highest BCUT2D eigenvalue weighted by molar-refractivity contribution is 6.74. The van der Waals surface area contributed by atoms with E-state index in [-0.39, 0.29) is 30.0 Å². The zero-order chi connectivity index (χ0) is 20.2. The summed E-state index contributed by atoms with van der Waals surface area (Å²) < 4.78 is 11.4. The molecule has 1 heterocycles. The van der Waals surface area contributed by atoms with Gasteiger partial charge in [-0.15, -0.1) is 6.58 Å². The Morgan fingerprint density at radius 3 is 2.56 bits per heavy atom. The zero-order valence-corrected chi connectivity index (χ0v) is 18.0. The Morgan fingerprint density at radius 1 is 1.37 bits per heavy atom. The van der Waals surface area contributed by atoms with Gasteiger partial charge < -0.3 is 9.16 Å². The molecule has 0 saturated carbocycles. The minimum atomic E-state index is -2.05. The van der Waals surface area contributed by atoms with E-state index >= 15 is 0 Å². The average molecular weight is 390 g/mol. The van der Waals surface area contributed by atoms with Gasteiger partial charge in [-0.05, 0) is 30.1 Å². The van der Waals surface area contributed by atoms with Gasteiger partial charge in [-0.2, -0.15) is 0 Å². The van der Waals surface area contributed by atoms with Crippen LogP contribution in [0.4, 0.5) is 4.79 Å². The molecule has 2 atom stereocenters. The SMILES string of the molecule is C=C[C@H](CC(=O)N1C(=O)OC[C@@H]1Cc1ccccc1)O[Si](C)(C)C(C)(C)C. The third-order valence-corrected chi connectivity index (χ3v) is 9.94. The number of ether oxygens (including phenoxy) is 1. The van der Waals surface area contributed by atoms with Crippen molar-refractivity contribution in [2.24, 2.45) is 0 Å². The van der Waals surface area contributed by atoms with E-state index in [9.17, 15) is 9.59 Å². The Kier molecular flexibility index (Phi) is 6.65. The second kappa shape index (κ2) is 8.40. The molecule has 5 nitrogen and oxygen atoms in total. The van der Waals surface area contributed by atoms with Crippen LogP contribution in [-0.4, -0.2) is 44.0 Å². The number of nitrogens with zero attached hydrogens (tertiary/aromatic N) is 1. The highest BCUT2D eigenvalue weighted by Crippen LogP contribution is 2.37. The summed E-state index contributed by atoms with van der Waals surface area (Å²) in [7, 11) is -2.05. The van der Waals surface area contributed by atoms with Crippen LogP contribution in [0.1, 0.15) is 32.8 Å². The second-order valence-corrected chi connectivity index (χ2v) is 13.3. The fraction of sp³-hybridized carbons (Fsp3) is 0.524. The summed E-state index contributed by atoms with van der Waals surface area (Å²) in [6, 6.07) is 9.51. The van der Waals surface area contributed by atoms with E-state index in [2.05, 4.69) is 40.4 Å². The van der Waals surface area contributed by atoms with Crippen LogP contribution in [0.25, 0.3) is 0 Å². The van der Waals surface area contributed by atoms with Crippen LogP contribution in [0.3, 0.4) is 0 Å². The molecule has 0 radical (unpaired) electrons. The van der Waals surface area contributed by atoms with Gasteiger partial charge in [0, 0.05) is 0 Å². The third kappa shape index (κ3) is 5.29. The van der Waals surface area contributed by atoms with Gasteiger partial charge >= 0.3 is 6.09 Å². The highest BCUT2D eigenvalue weighted by Gasteiger charge is 2.41. The van der Waals surface area contributed by atoms with Crippen molar-refractivity contribution >= 4 is 20.3 Å². The molecule has 0 bridgehead atoms. The number of carbonyl (C=O) groups is 2. The first kappa shape index (κ1) is 21.4. The van der Waals surface area contributed by atoms with Gasteiger partial charge in [0.05, 0.1) is 18.6 Å². The predicted molar refractivity (Wildman–Crippen MR) is 109 cm³/mol. The first-order chi connectivity index (χ1) is 12.5. The van der Waals surface area contributed by atoms with E-state index in [0.29, 0.717) is 6.42 Å². The molecule has 1 aliphatic heterocycles. The molecule has 1 fully saturated rings. The zero-order valence-electron chi connectivity index (χ0n) is 17.0. The Morgan fingerprint density at radius 2 is 2.00 bits per heavy atom. The van der Waals surface area contributed by atoms with E-state index in [1.165, 1.54) is 4.90 Å². The van der Waals surface area contributed by atoms with Gasteiger partial charge in [0.25, 0.3) is 0 Å².